The summed E-state index contributed by atoms with van der Waals surface area (Å²) in [5.41, 5.74) is -0.993. The molecule has 0 atom stereocenters. The fraction of sp³-hybridized carbons (Fsp3) is 0.556. The van der Waals surface area contributed by atoms with Gasteiger partial charge in [-0.25, -0.2) is 4.79 Å². The number of hydrogen-bond acceptors (Lipinski definition) is 4. The maximum absolute atomic E-state index is 11.0. The van der Waals surface area contributed by atoms with Gasteiger partial charge in [-0.1, -0.05) is 12.7 Å². The Bertz CT molecular complexity index is 272. The van der Waals surface area contributed by atoms with Crippen molar-refractivity contribution in [2.45, 2.75) is 0 Å². The van der Waals surface area contributed by atoms with Crippen LogP contribution in [-0.4, -0.2) is 43.5 Å². The molecule has 2 N–H and O–H groups in total. The summed E-state index contributed by atoms with van der Waals surface area (Å²) in [7, 11) is 0. The van der Waals surface area contributed by atoms with Gasteiger partial charge in [0.1, 0.15) is 12.0 Å². The molecule has 0 unspecified atom stereocenters. The summed E-state index contributed by atoms with van der Waals surface area (Å²) in [6, 6.07) is 0. The van der Waals surface area contributed by atoms with Crippen LogP contribution in [0.1, 0.15) is 0 Å². The number of carboxylic acids is 1. The maximum atomic E-state index is 11.0. The summed E-state index contributed by atoms with van der Waals surface area (Å²) in [6.07, 6.45) is 0.779. The SMILES string of the molecule is C=CCOC(=O)NCC1(C(=O)O)COC1. The van der Waals surface area contributed by atoms with Gasteiger partial charge in [-0.15, -0.1) is 0 Å². The quantitative estimate of drug-likeness (QED) is 0.630. The van der Waals surface area contributed by atoms with Crippen molar-refractivity contribution in [1.82, 2.24) is 5.32 Å². The molecule has 1 aliphatic rings. The predicted octanol–water partition coefficient (Wildman–Crippen LogP) is -0.000200. The third-order valence-corrected chi connectivity index (χ3v) is 2.11. The predicted molar refractivity (Wildman–Crippen MR) is 50.4 cm³/mol. The van der Waals surface area contributed by atoms with Crippen LogP contribution in [0.4, 0.5) is 4.79 Å². The average molecular weight is 215 g/mol. The first-order valence-corrected chi connectivity index (χ1v) is 4.43. The molecule has 1 amide bonds. The number of rotatable bonds is 5. The van der Waals surface area contributed by atoms with Gasteiger partial charge in [-0.2, -0.15) is 0 Å². The van der Waals surface area contributed by atoms with Crippen LogP contribution in [0, 0.1) is 5.41 Å². The van der Waals surface area contributed by atoms with Crippen molar-refractivity contribution >= 4 is 12.1 Å². The fourth-order valence-corrected chi connectivity index (χ4v) is 1.08. The highest BCUT2D eigenvalue weighted by Crippen LogP contribution is 2.26. The monoisotopic (exact) mass is 215 g/mol. The first-order valence-electron chi connectivity index (χ1n) is 4.43. The van der Waals surface area contributed by atoms with Crippen LogP contribution in [0.15, 0.2) is 12.7 Å². The number of carbonyl (C=O) groups excluding carboxylic acids is 1. The lowest BCUT2D eigenvalue weighted by Crippen LogP contribution is -2.55. The van der Waals surface area contributed by atoms with E-state index in [-0.39, 0.29) is 26.4 Å². The zero-order chi connectivity index (χ0) is 11.3. The number of carbonyl (C=O) groups is 2. The Labute approximate surface area is 86.9 Å². The molecule has 0 aromatic rings. The second-order valence-electron chi connectivity index (χ2n) is 3.32. The van der Waals surface area contributed by atoms with Crippen molar-refractivity contribution in [2.24, 2.45) is 5.41 Å². The van der Waals surface area contributed by atoms with Crippen LogP contribution in [-0.2, 0) is 14.3 Å². The number of ether oxygens (including phenoxy) is 2. The molecule has 6 heteroatoms. The lowest BCUT2D eigenvalue weighted by Gasteiger charge is -2.36. The number of aliphatic carboxylic acids is 1. The first kappa shape index (κ1) is 11.5. The summed E-state index contributed by atoms with van der Waals surface area (Å²) < 4.78 is 9.46. The Morgan fingerprint density at radius 2 is 2.27 bits per heavy atom. The molecule has 0 radical (unpaired) electrons. The van der Waals surface area contributed by atoms with E-state index in [0.717, 1.165) is 0 Å². The van der Waals surface area contributed by atoms with Crippen LogP contribution in [0.5, 0.6) is 0 Å². The van der Waals surface area contributed by atoms with E-state index in [0.29, 0.717) is 0 Å². The molecule has 1 heterocycles. The molecule has 0 aliphatic carbocycles. The average Bonchev–Trinajstić information content (AvgIpc) is 2.12. The Kier molecular flexibility index (Phi) is 3.68. The van der Waals surface area contributed by atoms with Gasteiger partial charge < -0.3 is 19.9 Å². The van der Waals surface area contributed by atoms with Gasteiger partial charge in [0.25, 0.3) is 0 Å². The van der Waals surface area contributed by atoms with E-state index in [1.807, 2.05) is 0 Å². The van der Waals surface area contributed by atoms with E-state index in [1.165, 1.54) is 6.08 Å². The van der Waals surface area contributed by atoms with E-state index < -0.39 is 17.5 Å². The van der Waals surface area contributed by atoms with Crippen LogP contribution in [0.2, 0.25) is 0 Å². The number of alkyl carbamates (subject to hydrolysis) is 1. The van der Waals surface area contributed by atoms with E-state index in [4.69, 9.17) is 9.84 Å². The Morgan fingerprint density at radius 1 is 1.60 bits per heavy atom. The number of amides is 1. The summed E-state index contributed by atoms with van der Waals surface area (Å²) in [5.74, 6) is -0.974. The first-order chi connectivity index (χ1) is 7.10. The minimum Gasteiger partial charge on any atom is -0.481 e. The van der Waals surface area contributed by atoms with Crippen molar-refractivity contribution in [1.29, 1.82) is 0 Å². The van der Waals surface area contributed by atoms with Gasteiger partial charge in [0.15, 0.2) is 0 Å². The molecule has 0 spiro atoms. The molecule has 0 aromatic carbocycles. The van der Waals surface area contributed by atoms with E-state index >= 15 is 0 Å². The Balaban J connectivity index is 2.31. The summed E-state index contributed by atoms with van der Waals surface area (Å²) in [5, 5.41) is 11.3. The standard InChI is InChI=1S/C9H13NO5/c1-2-3-15-8(13)10-4-9(7(11)12)5-14-6-9/h2H,1,3-6H2,(H,10,13)(H,11,12). The highest BCUT2D eigenvalue weighted by atomic mass is 16.5. The third kappa shape index (κ3) is 2.69. The third-order valence-electron chi connectivity index (χ3n) is 2.11. The van der Waals surface area contributed by atoms with Gasteiger partial charge in [-0.3, -0.25) is 4.79 Å². The van der Waals surface area contributed by atoms with Crippen LogP contribution in [0.25, 0.3) is 0 Å². The van der Waals surface area contributed by atoms with Gasteiger partial charge in [0.2, 0.25) is 0 Å². The second-order valence-corrected chi connectivity index (χ2v) is 3.32. The topological polar surface area (TPSA) is 84.9 Å². The van der Waals surface area contributed by atoms with Gasteiger partial charge in [-0.05, 0) is 0 Å². The molecular weight excluding hydrogens is 202 g/mol. The lowest BCUT2D eigenvalue weighted by atomic mass is 9.86. The number of carboxylic acid groups (broad SMARTS) is 1. The molecule has 1 aliphatic heterocycles. The molecule has 6 nitrogen and oxygen atoms in total. The maximum Gasteiger partial charge on any atom is 0.407 e. The van der Waals surface area contributed by atoms with Crippen molar-refractivity contribution in [3.63, 3.8) is 0 Å². The smallest absolute Gasteiger partial charge is 0.407 e. The largest absolute Gasteiger partial charge is 0.481 e. The Morgan fingerprint density at radius 3 is 2.67 bits per heavy atom. The fourth-order valence-electron chi connectivity index (χ4n) is 1.08. The molecular formula is C9H13NO5. The summed E-state index contributed by atoms with van der Waals surface area (Å²) in [6.45, 7) is 3.72. The Hall–Kier alpha value is -1.56. The van der Waals surface area contributed by atoms with Crippen LogP contribution in [0.3, 0.4) is 0 Å². The van der Waals surface area contributed by atoms with Crippen LogP contribution >= 0.6 is 0 Å². The van der Waals surface area contributed by atoms with E-state index in [9.17, 15) is 9.59 Å². The second kappa shape index (κ2) is 4.79. The van der Waals surface area contributed by atoms with Gasteiger partial charge >= 0.3 is 12.1 Å². The number of nitrogens with one attached hydrogen (secondary N) is 1. The minimum absolute atomic E-state index is 0.0122. The highest BCUT2D eigenvalue weighted by Gasteiger charge is 2.46. The van der Waals surface area contributed by atoms with Crippen molar-refractivity contribution in [3.05, 3.63) is 12.7 Å². The zero-order valence-corrected chi connectivity index (χ0v) is 8.19. The normalized spacial score (nSPS) is 17.3. The molecule has 1 rings (SSSR count). The van der Waals surface area contributed by atoms with Crippen molar-refractivity contribution in [2.75, 3.05) is 26.4 Å². The highest BCUT2D eigenvalue weighted by molar-refractivity contribution is 5.77. The zero-order valence-electron chi connectivity index (χ0n) is 8.19. The molecule has 1 saturated heterocycles. The summed E-state index contributed by atoms with van der Waals surface area (Å²) >= 11 is 0. The van der Waals surface area contributed by atoms with Crippen LogP contribution < -0.4 is 5.32 Å². The van der Waals surface area contributed by atoms with Crippen molar-refractivity contribution < 1.29 is 24.2 Å². The van der Waals surface area contributed by atoms with E-state index in [1.54, 1.807) is 0 Å². The van der Waals surface area contributed by atoms with E-state index in [2.05, 4.69) is 16.6 Å². The minimum atomic E-state index is -0.993. The molecule has 15 heavy (non-hydrogen) atoms. The van der Waals surface area contributed by atoms with Crippen molar-refractivity contribution in [3.8, 4) is 0 Å². The van der Waals surface area contributed by atoms with Gasteiger partial charge in [0.05, 0.1) is 13.2 Å². The molecule has 0 aromatic heterocycles. The lowest BCUT2D eigenvalue weighted by molar-refractivity contribution is -0.178. The molecule has 0 bridgehead atoms. The van der Waals surface area contributed by atoms with Gasteiger partial charge in [0, 0.05) is 6.54 Å². The molecule has 1 fully saturated rings. The summed E-state index contributed by atoms with van der Waals surface area (Å²) in [4.78, 5) is 21.8. The molecule has 0 saturated carbocycles. The number of hydrogen-bond donors (Lipinski definition) is 2. The molecule has 84 valence electrons.